The maximum atomic E-state index is 12.4. The molecule has 5 nitrogen and oxygen atoms in total. The molecule has 1 amide bonds. The lowest BCUT2D eigenvalue weighted by atomic mass is 10.1. The zero-order chi connectivity index (χ0) is 15.9. The van der Waals surface area contributed by atoms with Crippen LogP contribution in [0.25, 0.3) is 6.08 Å². The number of fused-ring (bicyclic) bond motifs is 1. The van der Waals surface area contributed by atoms with E-state index in [1.165, 1.54) is 0 Å². The molecular formula is C16H18N2O3S. The highest BCUT2D eigenvalue weighted by molar-refractivity contribution is 7.80. The lowest BCUT2D eigenvalue weighted by Gasteiger charge is -2.20. The molecule has 1 aromatic rings. The number of rotatable bonds is 2. The van der Waals surface area contributed by atoms with Gasteiger partial charge in [0, 0.05) is 13.6 Å². The van der Waals surface area contributed by atoms with Crippen LogP contribution in [0.3, 0.4) is 0 Å². The van der Waals surface area contributed by atoms with Crippen molar-refractivity contribution >= 4 is 29.3 Å². The fraction of sp³-hybridized carbons (Fsp3) is 0.375. The Morgan fingerprint density at radius 1 is 1.27 bits per heavy atom. The van der Waals surface area contributed by atoms with Crippen LogP contribution in [0.2, 0.25) is 0 Å². The second-order valence-electron chi connectivity index (χ2n) is 5.27. The van der Waals surface area contributed by atoms with Crippen LogP contribution in [-0.2, 0) is 4.79 Å². The zero-order valence-corrected chi connectivity index (χ0v) is 13.7. The fourth-order valence-electron chi connectivity index (χ4n) is 2.60. The number of likely N-dealkylation sites (N-methyl/N-ethyl adjacent to an activating group) is 2. The first-order valence-corrected chi connectivity index (χ1v) is 7.65. The second-order valence-corrected chi connectivity index (χ2v) is 5.64. The van der Waals surface area contributed by atoms with Gasteiger partial charge in [-0.3, -0.25) is 9.69 Å². The molecule has 2 heterocycles. The van der Waals surface area contributed by atoms with Crippen molar-refractivity contribution in [3.63, 3.8) is 0 Å². The Labute approximate surface area is 135 Å². The van der Waals surface area contributed by atoms with E-state index in [4.69, 9.17) is 21.7 Å². The summed E-state index contributed by atoms with van der Waals surface area (Å²) in [5.74, 6) is 1.40. The molecule has 1 saturated heterocycles. The first-order chi connectivity index (χ1) is 10.5. The number of ether oxygens (including phenoxy) is 2. The van der Waals surface area contributed by atoms with Crippen LogP contribution in [-0.4, -0.2) is 47.6 Å². The average Bonchev–Trinajstić information content (AvgIpc) is 2.71. The summed E-state index contributed by atoms with van der Waals surface area (Å²) >= 11 is 5.31. The molecule has 0 unspecified atom stereocenters. The van der Waals surface area contributed by atoms with Crippen molar-refractivity contribution in [1.82, 2.24) is 9.80 Å². The van der Waals surface area contributed by atoms with E-state index in [-0.39, 0.29) is 5.91 Å². The molecular weight excluding hydrogens is 300 g/mol. The average molecular weight is 318 g/mol. The first kappa shape index (κ1) is 14.8. The first-order valence-electron chi connectivity index (χ1n) is 7.24. The molecule has 0 atom stereocenters. The Bertz CT molecular complexity index is 684. The maximum Gasteiger partial charge on any atom is 0.276 e. The van der Waals surface area contributed by atoms with Gasteiger partial charge in [-0.2, -0.15) is 0 Å². The number of hydrogen-bond acceptors (Lipinski definition) is 4. The van der Waals surface area contributed by atoms with Gasteiger partial charge >= 0.3 is 0 Å². The largest absolute Gasteiger partial charge is 0.486 e. The summed E-state index contributed by atoms with van der Waals surface area (Å²) in [4.78, 5) is 15.8. The minimum absolute atomic E-state index is 0.0655. The van der Waals surface area contributed by atoms with Crippen molar-refractivity contribution in [2.45, 2.75) is 13.8 Å². The number of thiocarbonyl (C=S) groups is 1. The van der Waals surface area contributed by atoms with Crippen molar-refractivity contribution in [2.24, 2.45) is 0 Å². The summed E-state index contributed by atoms with van der Waals surface area (Å²) in [5.41, 5.74) is 2.53. The molecule has 0 bridgehead atoms. The predicted molar refractivity (Wildman–Crippen MR) is 87.9 cm³/mol. The van der Waals surface area contributed by atoms with Gasteiger partial charge in [0.15, 0.2) is 16.6 Å². The lowest BCUT2D eigenvalue weighted by molar-refractivity contribution is -0.122. The predicted octanol–water partition coefficient (Wildman–Crippen LogP) is 2.19. The summed E-state index contributed by atoms with van der Waals surface area (Å²) in [5, 5.41) is 0.536. The van der Waals surface area contributed by atoms with Gasteiger partial charge < -0.3 is 14.4 Å². The minimum Gasteiger partial charge on any atom is -0.486 e. The Balaban J connectivity index is 2.01. The molecule has 0 aliphatic carbocycles. The van der Waals surface area contributed by atoms with Crippen LogP contribution in [0.4, 0.5) is 0 Å². The molecule has 1 fully saturated rings. The molecule has 116 valence electrons. The lowest BCUT2D eigenvalue weighted by Crippen LogP contribution is -2.30. The minimum atomic E-state index is -0.0655. The molecule has 0 N–H and O–H groups in total. The highest BCUT2D eigenvalue weighted by Gasteiger charge is 2.34. The molecule has 22 heavy (non-hydrogen) atoms. The monoisotopic (exact) mass is 318 g/mol. The molecule has 0 spiro atoms. The number of carbonyl (C=O) groups is 1. The normalized spacial score (nSPS) is 19.3. The standard InChI is InChI=1S/C16H18N2O3S/c1-4-18-15(19)12(17(3)16(18)22)8-11-9-14-13(7-10(11)2)20-5-6-21-14/h7-9H,4-6H2,1-3H3/b12-8-. The van der Waals surface area contributed by atoms with Gasteiger partial charge in [-0.25, -0.2) is 0 Å². The quantitative estimate of drug-likeness (QED) is 0.618. The highest BCUT2D eigenvalue weighted by atomic mass is 32.1. The van der Waals surface area contributed by atoms with E-state index < -0.39 is 0 Å². The van der Waals surface area contributed by atoms with E-state index in [0.29, 0.717) is 36.3 Å². The molecule has 0 saturated carbocycles. The van der Waals surface area contributed by atoms with E-state index >= 15 is 0 Å². The SMILES string of the molecule is CCN1C(=O)/C(=C/c2cc3c(cc2C)OCCO3)N(C)C1=S. The molecule has 0 radical (unpaired) electrons. The van der Waals surface area contributed by atoms with Crippen LogP contribution in [0.1, 0.15) is 18.1 Å². The maximum absolute atomic E-state index is 12.4. The van der Waals surface area contributed by atoms with E-state index in [0.717, 1.165) is 16.9 Å². The third-order valence-corrected chi connectivity index (χ3v) is 4.38. The van der Waals surface area contributed by atoms with E-state index in [1.807, 2.05) is 39.1 Å². The summed E-state index contributed by atoms with van der Waals surface area (Å²) in [6.07, 6.45) is 1.86. The van der Waals surface area contributed by atoms with Gasteiger partial charge in [-0.1, -0.05) is 0 Å². The number of hydrogen-bond donors (Lipinski definition) is 0. The van der Waals surface area contributed by atoms with Gasteiger partial charge in [-0.05, 0) is 55.4 Å². The van der Waals surface area contributed by atoms with Crippen LogP contribution in [0, 0.1) is 6.92 Å². The number of benzene rings is 1. The third-order valence-electron chi connectivity index (χ3n) is 3.88. The van der Waals surface area contributed by atoms with Crippen LogP contribution in [0.15, 0.2) is 17.8 Å². The summed E-state index contributed by atoms with van der Waals surface area (Å²) in [6.45, 7) is 5.57. The van der Waals surface area contributed by atoms with E-state index in [1.54, 1.807) is 9.80 Å². The summed E-state index contributed by atoms with van der Waals surface area (Å²) in [6, 6.07) is 3.85. The molecule has 6 heteroatoms. The van der Waals surface area contributed by atoms with Crippen molar-refractivity contribution < 1.29 is 14.3 Å². The van der Waals surface area contributed by atoms with Crippen molar-refractivity contribution in [2.75, 3.05) is 26.8 Å². The van der Waals surface area contributed by atoms with Crippen LogP contribution >= 0.6 is 12.2 Å². The Hall–Kier alpha value is -2.08. The van der Waals surface area contributed by atoms with Crippen LogP contribution in [0.5, 0.6) is 11.5 Å². The molecule has 2 aliphatic rings. The smallest absolute Gasteiger partial charge is 0.276 e. The Kier molecular flexibility index (Phi) is 3.78. The third kappa shape index (κ3) is 2.33. The Morgan fingerprint density at radius 2 is 1.91 bits per heavy atom. The molecule has 2 aliphatic heterocycles. The van der Waals surface area contributed by atoms with Crippen molar-refractivity contribution in [1.29, 1.82) is 0 Å². The number of aryl methyl sites for hydroxylation is 1. The highest BCUT2D eigenvalue weighted by Crippen LogP contribution is 2.34. The summed E-state index contributed by atoms with van der Waals surface area (Å²) in [7, 11) is 1.81. The van der Waals surface area contributed by atoms with Gasteiger partial charge in [0.1, 0.15) is 18.9 Å². The zero-order valence-electron chi connectivity index (χ0n) is 12.9. The molecule has 0 aromatic heterocycles. The molecule has 1 aromatic carbocycles. The number of amides is 1. The van der Waals surface area contributed by atoms with Gasteiger partial charge in [0.2, 0.25) is 0 Å². The van der Waals surface area contributed by atoms with Gasteiger partial charge in [-0.15, -0.1) is 0 Å². The fourth-order valence-corrected chi connectivity index (χ4v) is 2.91. The topological polar surface area (TPSA) is 42.0 Å². The number of carbonyl (C=O) groups excluding carboxylic acids is 1. The van der Waals surface area contributed by atoms with E-state index in [2.05, 4.69) is 0 Å². The van der Waals surface area contributed by atoms with Crippen molar-refractivity contribution in [3.05, 3.63) is 29.0 Å². The Morgan fingerprint density at radius 3 is 2.50 bits per heavy atom. The van der Waals surface area contributed by atoms with Crippen molar-refractivity contribution in [3.8, 4) is 11.5 Å². The number of nitrogens with zero attached hydrogens (tertiary/aromatic N) is 2. The molecule has 3 rings (SSSR count). The second kappa shape index (κ2) is 5.61. The van der Waals surface area contributed by atoms with E-state index in [9.17, 15) is 4.79 Å². The van der Waals surface area contributed by atoms with Gasteiger partial charge in [0.05, 0.1) is 0 Å². The van der Waals surface area contributed by atoms with Crippen LogP contribution < -0.4 is 9.47 Å². The summed E-state index contributed by atoms with van der Waals surface area (Å²) < 4.78 is 11.2. The van der Waals surface area contributed by atoms with Gasteiger partial charge in [0.25, 0.3) is 5.91 Å².